The van der Waals surface area contributed by atoms with E-state index in [1.54, 1.807) is 0 Å². The first-order valence-corrected chi connectivity index (χ1v) is 5.72. The molecular weight excluding hydrogens is 192 g/mol. The van der Waals surface area contributed by atoms with Crippen molar-refractivity contribution in [3.05, 3.63) is 0 Å². The second-order valence-electron chi connectivity index (χ2n) is 4.29. The molecule has 0 heterocycles. The summed E-state index contributed by atoms with van der Waals surface area (Å²) in [6, 6.07) is -0.501. The number of primary amides is 1. The lowest BCUT2D eigenvalue weighted by Crippen LogP contribution is -2.44. The summed E-state index contributed by atoms with van der Waals surface area (Å²) in [4.78, 5) is 22.5. The van der Waals surface area contributed by atoms with E-state index in [0.717, 1.165) is 12.8 Å². The lowest BCUT2D eigenvalue weighted by molar-refractivity contribution is -0.128. The van der Waals surface area contributed by atoms with Crippen molar-refractivity contribution in [3.63, 3.8) is 0 Å². The third kappa shape index (κ3) is 3.90. The maximum absolute atomic E-state index is 11.6. The summed E-state index contributed by atoms with van der Waals surface area (Å²) in [7, 11) is 0. The molecule has 1 fully saturated rings. The third-order valence-corrected chi connectivity index (χ3v) is 3.04. The highest BCUT2D eigenvalue weighted by molar-refractivity contribution is 5.86. The van der Waals surface area contributed by atoms with Crippen LogP contribution in [0.1, 0.15) is 45.4 Å². The first kappa shape index (κ1) is 12.0. The van der Waals surface area contributed by atoms with Gasteiger partial charge in [0.25, 0.3) is 0 Å². The fourth-order valence-electron chi connectivity index (χ4n) is 2.10. The number of hydrogen-bond donors (Lipinski definition) is 2. The molecule has 0 saturated heterocycles. The van der Waals surface area contributed by atoms with Crippen LogP contribution in [0.3, 0.4) is 0 Å². The van der Waals surface area contributed by atoms with Crippen LogP contribution < -0.4 is 11.1 Å². The second kappa shape index (κ2) is 5.73. The Balaban J connectivity index is 2.30. The van der Waals surface area contributed by atoms with E-state index >= 15 is 0 Å². The highest BCUT2D eigenvalue weighted by atomic mass is 16.2. The maximum atomic E-state index is 11.6. The third-order valence-electron chi connectivity index (χ3n) is 3.04. The predicted octanol–water partition coefficient (Wildman–Crippen LogP) is 0.947. The molecule has 1 aliphatic rings. The molecule has 4 heteroatoms. The van der Waals surface area contributed by atoms with E-state index in [0.29, 0.717) is 18.8 Å². The van der Waals surface area contributed by atoms with Crippen molar-refractivity contribution in [1.29, 1.82) is 0 Å². The summed E-state index contributed by atoms with van der Waals surface area (Å²) in [5, 5.41) is 2.68. The Morgan fingerprint density at radius 3 is 2.47 bits per heavy atom. The summed E-state index contributed by atoms with van der Waals surface area (Å²) < 4.78 is 0. The van der Waals surface area contributed by atoms with E-state index < -0.39 is 11.9 Å². The van der Waals surface area contributed by atoms with Gasteiger partial charge in [-0.1, -0.05) is 19.8 Å². The van der Waals surface area contributed by atoms with E-state index in [4.69, 9.17) is 5.73 Å². The zero-order valence-electron chi connectivity index (χ0n) is 9.29. The summed E-state index contributed by atoms with van der Waals surface area (Å²) in [5.41, 5.74) is 5.15. The fraction of sp³-hybridized carbons (Fsp3) is 0.818. The summed E-state index contributed by atoms with van der Waals surface area (Å²) >= 11 is 0. The zero-order chi connectivity index (χ0) is 11.3. The molecule has 2 amide bonds. The summed E-state index contributed by atoms with van der Waals surface area (Å²) in [6.07, 6.45) is 5.84. The van der Waals surface area contributed by atoms with Gasteiger partial charge in [-0.25, -0.2) is 0 Å². The SMILES string of the molecule is CC[C@H](NC(=O)CC1CCCC1)C(N)=O. The van der Waals surface area contributed by atoms with Gasteiger partial charge < -0.3 is 11.1 Å². The van der Waals surface area contributed by atoms with Gasteiger partial charge in [0.05, 0.1) is 0 Å². The average molecular weight is 212 g/mol. The number of carbonyl (C=O) groups is 2. The molecular formula is C11H20N2O2. The molecule has 15 heavy (non-hydrogen) atoms. The first-order chi connectivity index (χ1) is 7.13. The topological polar surface area (TPSA) is 72.2 Å². The molecule has 0 aromatic heterocycles. The van der Waals surface area contributed by atoms with Crippen molar-refractivity contribution in [1.82, 2.24) is 5.32 Å². The Hall–Kier alpha value is -1.06. The quantitative estimate of drug-likeness (QED) is 0.712. The molecule has 1 saturated carbocycles. The van der Waals surface area contributed by atoms with Crippen molar-refractivity contribution >= 4 is 11.8 Å². The van der Waals surface area contributed by atoms with Gasteiger partial charge in [0.1, 0.15) is 6.04 Å². The first-order valence-electron chi connectivity index (χ1n) is 5.72. The molecule has 1 atom stereocenters. The molecule has 1 aliphatic carbocycles. The Kier molecular flexibility index (Phi) is 4.59. The molecule has 86 valence electrons. The van der Waals surface area contributed by atoms with Crippen LogP contribution in [0.25, 0.3) is 0 Å². The van der Waals surface area contributed by atoms with Crippen LogP contribution in [0, 0.1) is 5.92 Å². The Morgan fingerprint density at radius 2 is 2.00 bits per heavy atom. The van der Waals surface area contributed by atoms with E-state index in [1.165, 1.54) is 12.8 Å². The minimum Gasteiger partial charge on any atom is -0.368 e. The molecule has 0 spiro atoms. The van der Waals surface area contributed by atoms with Gasteiger partial charge in [0, 0.05) is 6.42 Å². The smallest absolute Gasteiger partial charge is 0.239 e. The van der Waals surface area contributed by atoms with Gasteiger partial charge in [-0.15, -0.1) is 0 Å². The van der Waals surface area contributed by atoms with Gasteiger partial charge in [0.2, 0.25) is 11.8 Å². The van der Waals surface area contributed by atoms with Gasteiger partial charge >= 0.3 is 0 Å². The maximum Gasteiger partial charge on any atom is 0.239 e. The molecule has 4 nitrogen and oxygen atoms in total. The second-order valence-corrected chi connectivity index (χ2v) is 4.29. The fourth-order valence-corrected chi connectivity index (χ4v) is 2.10. The lowest BCUT2D eigenvalue weighted by atomic mass is 10.0. The van der Waals surface area contributed by atoms with E-state index in [1.807, 2.05) is 6.92 Å². The molecule has 0 aromatic carbocycles. The molecule has 0 radical (unpaired) electrons. The normalized spacial score (nSPS) is 18.7. The summed E-state index contributed by atoms with van der Waals surface area (Å²) in [6.45, 7) is 1.84. The molecule has 3 N–H and O–H groups in total. The molecule has 1 rings (SSSR count). The minimum absolute atomic E-state index is 0.0347. The molecule has 0 bridgehead atoms. The Labute approximate surface area is 90.6 Å². The molecule has 0 aliphatic heterocycles. The van der Waals surface area contributed by atoms with E-state index in [-0.39, 0.29) is 5.91 Å². The Bertz CT molecular complexity index is 235. The van der Waals surface area contributed by atoms with E-state index in [2.05, 4.69) is 5.32 Å². The zero-order valence-corrected chi connectivity index (χ0v) is 9.29. The lowest BCUT2D eigenvalue weighted by Gasteiger charge is -2.15. The van der Waals surface area contributed by atoms with Crippen molar-refractivity contribution in [2.45, 2.75) is 51.5 Å². The average Bonchev–Trinajstić information content (AvgIpc) is 2.66. The van der Waals surface area contributed by atoms with Crippen LogP contribution in [0.5, 0.6) is 0 Å². The highest BCUT2D eigenvalue weighted by Gasteiger charge is 2.21. The van der Waals surface area contributed by atoms with Gasteiger partial charge in [-0.3, -0.25) is 9.59 Å². The van der Waals surface area contributed by atoms with E-state index in [9.17, 15) is 9.59 Å². The number of rotatable bonds is 5. The van der Waals surface area contributed by atoms with Gasteiger partial charge in [-0.2, -0.15) is 0 Å². The Morgan fingerprint density at radius 1 is 1.40 bits per heavy atom. The minimum atomic E-state index is -0.501. The van der Waals surface area contributed by atoms with Crippen molar-refractivity contribution in [2.75, 3.05) is 0 Å². The number of nitrogens with two attached hydrogens (primary N) is 1. The van der Waals surface area contributed by atoms with Crippen molar-refractivity contribution in [3.8, 4) is 0 Å². The van der Waals surface area contributed by atoms with Crippen molar-refractivity contribution < 1.29 is 9.59 Å². The van der Waals surface area contributed by atoms with Crippen molar-refractivity contribution in [2.24, 2.45) is 11.7 Å². The molecule has 0 aromatic rings. The van der Waals surface area contributed by atoms with Crippen LogP contribution in [0.2, 0.25) is 0 Å². The number of carbonyl (C=O) groups excluding carboxylic acids is 2. The van der Waals surface area contributed by atoms with Crippen LogP contribution in [-0.2, 0) is 9.59 Å². The summed E-state index contributed by atoms with van der Waals surface area (Å²) in [5.74, 6) is 0.0280. The number of hydrogen-bond acceptors (Lipinski definition) is 2. The van der Waals surface area contributed by atoms with Crippen LogP contribution in [-0.4, -0.2) is 17.9 Å². The number of nitrogens with one attached hydrogen (secondary N) is 1. The largest absolute Gasteiger partial charge is 0.368 e. The van der Waals surface area contributed by atoms with Crippen LogP contribution >= 0.6 is 0 Å². The molecule has 0 unspecified atom stereocenters. The monoisotopic (exact) mass is 212 g/mol. The standard InChI is InChI=1S/C11H20N2O2/c1-2-9(11(12)15)13-10(14)7-8-5-3-4-6-8/h8-9H,2-7H2,1H3,(H2,12,15)(H,13,14)/t9-/m0/s1. The van der Waals surface area contributed by atoms with Gasteiger partial charge in [0.15, 0.2) is 0 Å². The van der Waals surface area contributed by atoms with Crippen LogP contribution in [0.4, 0.5) is 0 Å². The predicted molar refractivity (Wildman–Crippen MR) is 58.0 cm³/mol. The highest BCUT2D eigenvalue weighted by Crippen LogP contribution is 2.27. The van der Waals surface area contributed by atoms with Gasteiger partial charge in [-0.05, 0) is 25.2 Å². The number of amides is 2. The van der Waals surface area contributed by atoms with Crippen LogP contribution in [0.15, 0.2) is 0 Å².